The number of halogens is 1. The lowest BCUT2D eigenvalue weighted by atomic mass is 9.99. The fourth-order valence-electron chi connectivity index (χ4n) is 4.19. The van der Waals surface area contributed by atoms with E-state index in [1.165, 1.54) is 11.6 Å². The van der Waals surface area contributed by atoms with Gasteiger partial charge >= 0.3 is 0 Å². The van der Waals surface area contributed by atoms with Gasteiger partial charge in [0.15, 0.2) is 0 Å². The molecule has 0 bridgehead atoms. The highest BCUT2D eigenvalue weighted by molar-refractivity contribution is 7.90. The maximum atomic E-state index is 14.7. The van der Waals surface area contributed by atoms with Gasteiger partial charge in [0.25, 0.3) is 5.91 Å². The molecule has 1 aliphatic heterocycles. The van der Waals surface area contributed by atoms with Crippen molar-refractivity contribution in [2.75, 3.05) is 19.6 Å². The third kappa shape index (κ3) is 5.70. The Morgan fingerprint density at radius 1 is 1.03 bits per heavy atom. The molecule has 3 aromatic rings. The SMILES string of the molecule is Cc1cc(-c2ccccc2)cc(C(=O)NNS(=O)(=O)C2CCN(CCc3ccccc3)C2)c1F. The summed E-state index contributed by atoms with van der Waals surface area (Å²) >= 11 is 0. The lowest BCUT2D eigenvalue weighted by molar-refractivity contribution is 0.0940. The monoisotopic (exact) mass is 481 g/mol. The van der Waals surface area contributed by atoms with E-state index in [1.54, 1.807) is 13.0 Å². The molecule has 1 saturated heterocycles. The van der Waals surface area contributed by atoms with E-state index in [-0.39, 0.29) is 5.56 Å². The number of hydrazine groups is 1. The Bertz CT molecular complexity index is 1250. The van der Waals surface area contributed by atoms with E-state index >= 15 is 0 Å². The molecule has 1 aliphatic rings. The number of rotatable bonds is 8. The van der Waals surface area contributed by atoms with Crippen molar-refractivity contribution in [3.8, 4) is 11.1 Å². The van der Waals surface area contributed by atoms with E-state index in [1.807, 2.05) is 48.5 Å². The molecule has 1 amide bonds. The van der Waals surface area contributed by atoms with Crippen LogP contribution in [0, 0.1) is 12.7 Å². The molecular weight excluding hydrogens is 453 g/mol. The van der Waals surface area contributed by atoms with Crippen LogP contribution in [0.4, 0.5) is 4.39 Å². The molecule has 1 fully saturated rings. The van der Waals surface area contributed by atoms with E-state index < -0.39 is 27.0 Å². The fourth-order valence-corrected chi connectivity index (χ4v) is 5.41. The third-order valence-corrected chi connectivity index (χ3v) is 7.79. The summed E-state index contributed by atoms with van der Waals surface area (Å²) in [5, 5.41) is -0.647. The van der Waals surface area contributed by atoms with Crippen LogP contribution in [0.5, 0.6) is 0 Å². The molecule has 1 atom stereocenters. The summed E-state index contributed by atoms with van der Waals surface area (Å²) in [7, 11) is -3.81. The standard InChI is InChI=1S/C26H28FN3O3S/c1-19-16-22(21-10-6-3-7-11-21)17-24(25(19)27)26(31)28-29-34(32,33)23-13-15-30(18-23)14-12-20-8-4-2-5-9-20/h2-11,16-17,23,29H,12-15,18H2,1H3,(H,28,31). The van der Waals surface area contributed by atoms with Crippen molar-refractivity contribution < 1.29 is 17.6 Å². The van der Waals surface area contributed by atoms with Crippen molar-refractivity contribution in [3.63, 3.8) is 0 Å². The molecule has 8 heteroatoms. The maximum Gasteiger partial charge on any atom is 0.269 e. The van der Waals surface area contributed by atoms with Crippen LogP contribution in [0.2, 0.25) is 0 Å². The predicted molar refractivity (Wildman–Crippen MR) is 131 cm³/mol. The maximum absolute atomic E-state index is 14.7. The molecule has 0 spiro atoms. The van der Waals surface area contributed by atoms with Crippen molar-refractivity contribution in [2.45, 2.75) is 25.0 Å². The molecule has 0 radical (unpaired) electrons. The summed E-state index contributed by atoms with van der Waals surface area (Å²) in [5.41, 5.74) is 5.01. The topological polar surface area (TPSA) is 78.5 Å². The highest BCUT2D eigenvalue weighted by Gasteiger charge is 2.33. The average Bonchev–Trinajstić information content (AvgIpc) is 3.34. The van der Waals surface area contributed by atoms with Gasteiger partial charge in [0.2, 0.25) is 10.0 Å². The number of aryl methyl sites for hydroxylation is 1. The first-order valence-corrected chi connectivity index (χ1v) is 12.8. The second-order valence-corrected chi connectivity index (χ2v) is 10.5. The minimum atomic E-state index is -3.81. The van der Waals surface area contributed by atoms with Crippen LogP contribution in [0.1, 0.15) is 27.9 Å². The Labute approximate surface area is 199 Å². The third-order valence-electron chi connectivity index (χ3n) is 6.14. The Balaban J connectivity index is 1.37. The van der Waals surface area contributed by atoms with Crippen molar-refractivity contribution >= 4 is 15.9 Å². The molecule has 0 aliphatic carbocycles. The lowest BCUT2D eigenvalue weighted by Gasteiger charge is -2.17. The molecule has 1 heterocycles. The normalized spacial score (nSPS) is 16.5. The van der Waals surface area contributed by atoms with Crippen LogP contribution < -0.4 is 10.3 Å². The summed E-state index contributed by atoms with van der Waals surface area (Å²) in [4.78, 5) is 17.0. The summed E-state index contributed by atoms with van der Waals surface area (Å²) in [6.07, 6.45) is 1.31. The minimum Gasteiger partial charge on any atom is -0.302 e. The van der Waals surface area contributed by atoms with Crippen molar-refractivity contribution in [2.24, 2.45) is 0 Å². The molecular formula is C26H28FN3O3S. The Kier molecular flexibility index (Phi) is 7.41. The van der Waals surface area contributed by atoms with E-state index in [9.17, 15) is 17.6 Å². The van der Waals surface area contributed by atoms with Gasteiger partial charge in [-0.1, -0.05) is 60.7 Å². The number of hydrogen-bond donors (Lipinski definition) is 2. The largest absolute Gasteiger partial charge is 0.302 e. The van der Waals surface area contributed by atoms with Gasteiger partial charge < -0.3 is 4.90 Å². The number of carbonyl (C=O) groups is 1. The number of nitrogens with one attached hydrogen (secondary N) is 2. The molecule has 0 aromatic heterocycles. The fraction of sp³-hybridized carbons (Fsp3) is 0.269. The molecule has 34 heavy (non-hydrogen) atoms. The number of carbonyl (C=O) groups excluding carboxylic acids is 1. The van der Waals surface area contributed by atoms with Crippen LogP contribution in [-0.4, -0.2) is 44.1 Å². The quantitative estimate of drug-likeness (QED) is 0.481. The van der Waals surface area contributed by atoms with Gasteiger partial charge in [-0.2, -0.15) is 0 Å². The Morgan fingerprint density at radius 2 is 1.71 bits per heavy atom. The molecule has 1 unspecified atom stereocenters. The number of benzene rings is 3. The number of sulfonamides is 1. The van der Waals surface area contributed by atoms with Crippen molar-refractivity contribution in [1.29, 1.82) is 0 Å². The smallest absolute Gasteiger partial charge is 0.269 e. The molecule has 178 valence electrons. The van der Waals surface area contributed by atoms with Crippen LogP contribution in [-0.2, 0) is 16.4 Å². The van der Waals surface area contributed by atoms with Gasteiger partial charge in [-0.3, -0.25) is 10.2 Å². The second-order valence-electron chi connectivity index (χ2n) is 8.57. The van der Waals surface area contributed by atoms with E-state index in [0.29, 0.717) is 30.6 Å². The summed E-state index contributed by atoms with van der Waals surface area (Å²) in [6.45, 7) is 3.39. The molecule has 2 N–H and O–H groups in total. The van der Waals surface area contributed by atoms with E-state index in [0.717, 1.165) is 18.5 Å². The number of likely N-dealkylation sites (tertiary alicyclic amines) is 1. The van der Waals surface area contributed by atoms with Crippen LogP contribution in [0.3, 0.4) is 0 Å². The average molecular weight is 482 g/mol. The summed E-state index contributed by atoms with van der Waals surface area (Å²) in [6, 6.07) is 22.4. The van der Waals surface area contributed by atoms with Gasteiger partial charge in [-0.05, 0) is 60.7 Å². The molecule has 3 aromatic carbocycles. The first-order valence-electron chi connectivity index (χ1n) is 11.3. The molecule has 6 nitrogen and oxygen atoms in total. The van der Waals surface area contributed by atoms with E-state index in [2.05, 4.69) is 27.3 Å². The first kappa shape index (κ1) is 24.1. The summed E-state index contributed by atoms with van der Waals surface area (Å²) < 4.78 is 40.3. The Morgan fingerprint density at radius 3 is 2.41 bits per heavy atom. The van der Waals surface area contributed by atoms with Gasteiger partial charge in [-0.25, -0.2) is 12.8 Å². The number of nitrogens with zero attached hydrogens (tertiary/aromatic N) is 1. The zero-order valence-corrected chi connectivity index (χ0v) is 19.8. The predicted octanol–water partition coefficient (Wildman–Crippen LogP) is 3.68. The highest BCUT2D eigenvalue weighted by atomic mass is 32.2. The molecule has 0 saturated carbocycles. The van der Waals surface area contributed by atoms with Crippen LogP contribution in [0.25, 0.3) is 11.1 Å². The lowest BCUT2D eigenvalue weighted by Crippen LogP contribution is -2.47. The van der Waals surface area contributed by atoms with Gasteiger partial charge in [0, 0.05) is 13.1 Å². The summed E-state index contributed by atoms with van der Waals surface area (Å²) in [5.74, 6) is -1.51. The second kappa shape index (κ2) is 10.5. The van der Waals surface area contributed by atoms with Crippen LogP contribution >= 0.6 is 0 Å². The minimum absolute atomic E-state index is 0.211. The number of hydrogen-bond acceptors (Lipinski definition) is 4. The van der Waals surface area contributed by atoms with Gasteiger partial charge in [0.1, 0.15) is 5.82 Å². The van der Waals surface area contributed by atoms with Gasteiger partial charge in [-0.15, -0.1) is 4.83 Å². The zero-order valence-electron chi connectivity index (χ0n) is 19.0. The first-order chi connectivity index (χ1) is 16.3. The van der Waals surface area contributed by atoms with Crippen molar-refractivity contribution in [3.05, 3.63) is 95.3 Å². The van der Waals surface area contributed by atoms with Gasteiger partial charge in [0.05, 0.1) is 10.8 Å². The Hall–Kier alpha value is -3.07. The molecule has 4 rings (SSSR count). The van der Waals surface area contributed by atoms with Crippen LogP contribution in [0.15, 0.2) is 72.8 Å². The zero-order chi connectivity index (χ0) is 24.1. The highest BCUT2D eigenvalue weighted by Crippen LogP contribution is 2.25. The van der Waals surface area contributed by atoms with E-state index in [4.69, 9.17) is 0 Å². The number of amides is 1. The van der Waals surface area contributed by atoms with Crippen molar-refractivity contribution in [1.82, 2.24) is 15.2 Å².